The van der Waals surface area contributed by atoms with Crippen molar-refractivity contribution < 1.29 is 4.79 Å². The number of carbonyl (C=O) groups excluding carboxylic acids is 1. The van der Waals surface area contributed by atoms with Crippen molar-refractivity contribution in [2.75, 3.05) is 12.0 Å². The van der Waals surface area contributed by atoms with Crippen LogP contribution in [0.2, 0.25) is 0 Å². The summed E-state index contributed by atoms with van der Waals surface area (Å²) in [4.78, 5) is 16.1. The minimum atomic E-state index is -0.118. The first-order valence-corrected chi connectivity index (χ1v) is 6.30. The molecule has 7 heteroatoms. The predicted octanol–water partition coefficient (Wildman–Crippen LogP) is 0.382. The Morgan fingerprint density at radius 1 is 1.45 bits per heavy atom. The fourth-order valence-electron chi connectivity index (χ4n) is 1.86. The molecule has 106 valence electrons. The number of amides is 1. The molecule has 1 heterocycles. The summed E-state index contributed by atoms with van der Waals surface area (Å²) in [5, 5.41) is 6.99. The number of aryl methyl sites for hydroxylation is 2. The number of nitrogens with one attached hydrogen (secondary N) is 2. The van der Waals surface area contributed by atoms with Gasteiger partial charge in [0.1, 0.15) is 6.33 Å². The van der Waals surface area contributed by atoms with Crippen LogP contribution in [-0.4, -0.2) is 27.2 Å². The average Bonchev–Trinajstić information content (AvgIpc) is 2.84. The van der Waals surface area contributed by atoms with Crippen molar-refractivity contribution in [1.82, 2.24) is 20.1 Å². The van der Waals surface area contributed by atoms with Crippen LogP contribution in [-0.2, 0) is 13.5 Å². The Labute approximate surface area is 117 Å². The highest BCUT2D eigenvalue weighted by Crippen LogP contribution is 2.14. The third-order valence-corrected chi connectivity index (χ3v) is 2.93. The number of nitrogens with zero attached hydrogens (tertiary/aromatic N) is 3. The molecular formula is C13H18N6O. The molecule has 1 aromatic carbocycles. The van der Waals surface area contributed by atoms with Crippen molar-refractivity contribution in [2.45, 2.75) is 13.3 Å². The zero-order valence-corrected chi connectivity index (χ0v) is 11.6. The van der Waals surface area contributed by atoms with Gasteiger partial charge in [-0.1, -0.05) is 0 Å². The number of rotatable bonds is 5. The van der Waals surface area contributed by atoms with E-state index in [0.717, 1.165) is 11.3 Å². The van der Waals surface area contributed by atoms with E-state index in [0.29, 0.717) is 24.4 Å². The van der Waals surface area contributed by atoms with Gasteiger partial charge in [-0.2, -0.15) is 5.10 Å². The summed E-state index contributed by atoms with van der Waals surface area (Å²) >= 11 is 0. The minimum Gasteiger partial charge on any atom is -0.352 e. The molecule has 0 radical (unpaired) electrons. The molecule has 0 atom stereocenters. The summed E-state index contributed by atoms with van der Waals surface area (Å²) in [6, 6.07) is 5.31. The summed E-state index contributed by atoms with van der Waals surface area (Å²) in [6.45, 7) is 2.39. The first kappa shape index (κ1) is 14.0. The van der Waals surface area contributed by atoms with Gasteiger partial charge in [-0.15, -0.1) is 0 Å². The summed E-state index contributed by atoms with van der Waals surface area (Å²) in [5.41, 5.74) is 4.91. The van der Waals surface area contributed by atoms with Crippen LogP contribution in [0.4, 0.5) is 5.69 Å². The summed E-state index contributed by atoms with van der Waals surface area (Å²) in [5.74, 6) is 5.95. The molecule has 0 spiro atoms. The van der Waals surface area contributed by atoms with E-state index in [1.807, 2.05) is 14.0 Å². The quantitative estimate of drug-likeness (QED) is 0.541. The normalized spacial score (nSPS) is 10.3. The van der Waals surface area contributed by atoms with Gasteiger partial charge in [0.25, 0.3) is 5.91 Å². The maximum Gasteiger partial charge on any atom is 0.251 e. The molecule has 0 aliphatic rings. The van der Waals surface area contributed by atoms with Crippen LogP contribution in [0.5, 0.6) is 0 Å². The van der Waals surface area contributed by atoms with Gasteiger partial charge in [-0.25, -0.2) is 4.98 Å². The van der Waals surface area contributed by atoms with Gasteiger partial charge in [0.05, 0.1) is 5.69 Å². The number of hydrazine groups is 1. The number of aromatic nitrogens is 3. The molecule has 2 rings (SSSR count). The lowest BCUT2D eigenvalue weighted by Gasteiger charge is -2.08. The van der Waals surface area contributed by atoms with Gasteiger partial charge >= 0.3 is 0 Å². The minimum absolute atomic E-state index is 0.118. The molecule has 7 nitrogen and oxygen atoms in total. The fourth-order valence-corrected chi connectivity index (χ4v) is 1.86. The van der Waals surface area contributed by atoms with Gasteiger partial charge in [0.15, 0.2) is 5.82 Å². The predicted molar refractivity (Wildman–Crippen MR) is 76.0 cm³/mol. The topological polar surface area (TPSA) is 97.9 Å². The number of hydrogen-bond donors (Lipinski definition) is 3. The second kappa shape index (κ2) is 6.16. The van der Waals surface area contributed by atoms with Crippen LogP contribution < -0.4 is 16.6 Å². The van der Waals surface area contributed by atoms with E-state index in [-0.39, 0.29) is 5.91 Å². The second-order valence-corrected chi connectivity index (χ2v) is 4.51. The standard InChI is InChI=1S/C13H18N6O/c1-9-7-10(3-4-11(9)17-14)13(20)15-6-5-12-16-8-19(2)18-12/h3-4,7-8,17H,5-6,14H2,1-2H3,(H,15,20). The highest BCUT2D eigenvalue weighted by atomic mass is 16.1. The number of anilines is 1. The maximum absolute atomic E-state index is 12.0. The number of nitrogens with two attached hydrogens (primary N) is 1. The van der Waals surface area contributed by atoms with Crippen LogP contribution in [0.3, 0.4) is 0 Å². The van der Waals surface area contributed by atoms with Crippen LogP contribution >= 0.6 is 0 Å². The molecular weight excluding hydrogens is 256 g/mol. The van der Waals surface area contributed by atoms with Gasteiger partial charge in [-0.3, -0.25) is 15.3 Å². The largest absolute Gasteiger partial charge is 0.352 e. The van der Waals surface area contributed by atoms with Crippen LogP contribution in [0.15, 0.2) is 24.5 Å². The number of hydrogen-bond acceptors (Lipinski definition) is 5. The molecule has 4 N–H and O–H groups in total. The Morgan fingerprint density at radius 2 is 2.25 bits per heavy atom. The Morgan fingerprint density at radius 3 is 2.85 bits per heavy atom. The highest BCUT2D eigenvalue weighted by Gasteiger charge is 2.07. The monoisotopic (exact) mass is 274 g/mol. The van der Waals surface area contributed by atoms with Crippen LogP contribution in [0.1, 0.15) is 21.7 Å². The molecule has 2 aromatic rings. The van der Waals surface area contributed by atoms with Gasteiger partial charge < -0.3 is 10.7 Å². The molecule has 0 bridgehead atoms. The lowest BCUT2D eigenvalue weighted by Crippen LogP contribution is -2.26. The molecule has 1 aromatic heterocycles. The van der Waals surface area contributed by atoms with Crippen molar-refractivity contribution in [3.8, 4) is 0 Å². The van der Waals surface area contributed by atoms with Crippen molar-refractivity contribution in [3.63, 3.8) is 0 Å². The van der Waals surface area contributed by atoms with Gasteiger partial charge in [0.2, 0.25) is 0 Å². The summed E-state index contributed by atoms with van der Waals surface area (Å²) in [6.07, 6.45) is 2.24. The lowest BCUT2D eigenvalue weighted by molar-refractivity contribution is 0.0954. The van der Waals surface area contributed by atoms with E-state index in [1.165, 1.54) is 0 Å². The van der Waals surface area contributed by atoms with E-state index in [4.69, 9.17) is 5.84 Å². The molecule has 0 saturated heterocycles. The van der Waals surface area contributed by atoms with E-state index in [2.05, 4.69) is 20.8 Å². The molecule has 0 aliphatic carbocycles. The molecule has 0 aliphatic heterocycles. The fraction of sp³-hybridized carbons (Fsp3) is 0.308. The van der Waals surface area contributed by atoms with Crippen molar-refractivity contribution in [2.24, 2.45) is 12.9 Å². The molecule has 0 fully saturated rings. The number of benzene rings is 1. The SMILES string of the molecule is Cc1cc(C(=O)NCCc2ncn(C)n2)ccc1NN. The summed E-state index contributed by atoms with van der Waals surface area (Å²) in [7, 11) is 1.81. The summed E-state index contributed by atoms with van der Waals surface area (Å²) < 4.78 is 1.64. The Hall–Kier alpha value is -2.41. The number of nitrogen functional groups attached to an aromatic ring is 1. The van der Waals surface area contributed by atoms with Crippen molar-refractivity contribution in [3.05, 3.63) is 41.5 Å². The van der Waals surface area contributed by atoms with Gasteiger partial charge in [-0.05, 0) is 30.7 Å². The third kappa shape index (κ3) is 3.33. The van der Waals surface area contributed by atoms with Crippen molar-refractivity contribution >= 4 is 11.6 Å². The first-order valence-electron chi connectivity index (χ1n) is 6.30. The molecule has 0 saturated carbocycles. The van der Waals surface area contributed by atoms with E-state index < -0.39 is 0 Å². The second-order valence-electron chi connectivity index (χ2n) is 4.51. The Balaban J connectivity index is 1.90. The maximum atomic E-state index is 12.0. The van der Waals surface area contributed by atoms with Crippen LogP contribution in [0, 0.1) is 6.92 Å². The lowest BCUT2D eigenvalue weighted by atomic mass is 10.1. The number of carbonyl (C=O) groups is 1. The molecule has 0 unspecified atom stereocenters. The van der Waals surface area contributed by atoms with Gasteiger partial charge in [0, 0.05) is 25.6 Å². The van der Waals surface area contributed by atoms with E-state index >= 15 is 0 Å². The smallest absolute Gasteiger partial charge is 0.251 e. The first-order chi connectivity index (χ1) is 9.60. The average molecular weight is 274 g/mol. The highest BCUT2D eigenvalue weighted by molar-refractivity contribution is 5.94. The molecule has 1 amide bonds. The molecule has 20 heavy (non-hydrogen) atoms. The van der Waals surface area contributed by atoms with Crippen molar-refractivity contribution in [1.29, 1.82) is 0 Å². The zero-order chi connectivity index (χ0) is 14.5. The third-order valence-electron chi connectivity index (χ3n) is 2.93. The van der Waals surface area contributed by atoms with E-state index in [9.17, 15) is 4.79 Å². The van der Waals surface area contributed by atoms with Crippen LogP contribution in [0.25, 0.3) is 0 Å². The van der Waals surface area contributed by atoms with E-state index in [1.54, 1.807) is 29.2 Å². The Kier molecular flexibility index (Phi) is 4.31. The Bertz CT molecular complexity index is 607. The zero-order valence-electron chi connectivity index (χ0n) is 11.6.